The lowest BCUT2D eigenvalue weighted by Crippen LogP contribution is -2.47. The molecule has 1 aromatic carbocycles. The number of nitrogens with zero attached hydrogens (tertiary/aromatic N) is 3. The van der Waals surface area contributed by atoms with E-state index in [9.17, 15) is 4.79 Å². The number of pyridine rings is 1. The Hall–Kier alpha value is -2.48. The number of amides is 1. The van der Waals surface area contributed by atoms with E-state index in [0.29, 0.717) is 12.1 Å². The summed E-state index contributed by atoms with van der Waals surface area (Å²) in [6.45, 7) is 7.33. The second kappa shape index (κ2) is 9.82. The van der Waals surface area contributed by atoms with Gasteiger partial charge in [-0.3, -0.25) is 9.69 Å². The number of ether oxygens (including phenoxy) is 1. The Balaban J connectivity index is 1.40. The van der Waals surface area contributed by atoms with Crippen LogP contribution in [0.15, 0.2) is 48.7 Å². The van der Waals surface area contributed by atoms with E-state index in [2.05, 4.69) is 49.7 Å². The summed E-state index contributed by atoms with van der Waals surface area (Å²) in [7, 11) is 0. The first-order valence-corrected chi connectivity index (χ1v) is 10.4. The normalized spacial score (nSPS) is 20.4. The van der Waals surface area contributed by atoms with Gasteiger partial charge in [-0.2, -0.15) is 0 Å². The van der Waals surface area contributed by atoms with Crippen molar-refractivity contribution < 1.29 is 9.53 Å². The van der Waals surface area contributed by atoms with Gasteiger partial charge in [-0.05, 0) is 17.7 Å². The van der Waals surface area contributed by atoms with E-state index in [0.717, 1.165) is 58.3 Å². The van der Waals surface area contributed by atoms with Crippen molar-refractivity contribution in [3.05, 3.63) is 59.8 Å². The lowest BCUT2D eigenvalue weighted by atomic mass is 10.0. The molecule has 0 radical (unpaired) electrons. The van der Waals surface area contributed by atoms with Gasteiger partial charge in [0.2, 0.25) is 0 Å². The molecule has 2 saturated heterocycles. The van der Waals surface area contributed by atoms with Crippen molar-refractivity contribution in [3.8, 4) is 0 Å². The van der Waals surface area contributed by atoms with Crippen molar-refractivity contribution in [2.24, 2.45) is 0 Å². The van der Waals surface area contributed by atoms with Gasteiger partial charge < -0.3 is 20.3 Å². The molecule has 2 aliphatic heterocycles. The van der Waals surface area contributed by atoms with Gasteiger partial charge in [0, 0.05) is 58.1 Å². The van der Waals surface area contributed by atoms with E-state index in [-0.39, 0.29) is 11.9 Å². The number of rotatable bonds is 6. The molecular weight excluding hydrogens is 366 g/mol. The molecule has 2 fully saturated rings. The van der Waals surface area contributed by atoms with Crippen LogP contribution in [0.5, 0.6) is 0 Å². The number of hydrogen-bond donors (Lipinski definition) is 2. The van der Waals surface area contributed by atoms with Crippen LogP contribution in [-0.4, -0.2) is 74.8 Å². The molecule has 1 atom stereocenters. The molecule has 29 heavy (non-hydrogen) atoms. The van der Waals surface area contributed by atoms with E-state index in [1.807, 2.05) is 18.2 Å². The molecule has 0 bridgehead atoms. The van der Waals surface area contributed by atoms with Gasteiger partial charge >= 0.3 is 0 Å². The topological polar surface area (TPSA) is 69.7 Å². The zero-order chi connectivity index (χ0) is 19.9. The number of nitrogens with one attached hydrogen (secondary N) is 2. The number of piperazine rings is 1. The number of benzene rings is 1. The second-order valence-corrected chi connectivity index (χ2v) is 7.45. The molecule has 2 aromatic rings. The molecule has 7 nitrogen and oxygen atoms in total. The molecule has 0 spiro atoms. The molecule has 0 aliphatic carbocycles. The highest BCUT2D eigenvalue weighted by molar-refractivity contribution is 5.98. The van der Waals surface area contributed by atoms with Gasteiger partial charge in [-0.15, -0.1) is 0 Å². The molecule has 1 aromatic heterocycles. The zero-order valence-corrected chi connectivity index (χ0v) is 16.7. The smallest absolute Gasteiger partial charge is 0.255 e. The zero-order valence-electron chi connectivity index (χ0n) is 16.7. The Kier molecular flexibility index (Phi) is 6.71. The first kappa shape index (κ1) is 19.8. The number of morpholine rings is 1. The first-order chi connectivity index (χ1) is 14.3. The third-order valence-corrected chi connectivity index (χ3v) is 5.53. The molecule has 0 unspecified atom stereocenters. The third-order valence-electron chi connectivity index (χ3n) is 5.53. The second-order valence-electron chi connectivity index (χ2n) is 7.45. The molecule has 3 heterocycles. The van der Waals surface area contributed by atoms with Gasteiger partial charge in [-0.25, -0.2) is 4.98 Å². The fraction of sp³-hybridized carbons (Fsp3) is 0.455. The fourth-order valence-electron chi connectivity index (χ4n) is 3.92. The predicted molar refractivity (Wildman–Crippen MR) is 113 cm³/mol. The van der Waals surface area contributed by atoms with Crippen molar-refractivity contribution in [1.82, 2.24) is 20.5 Å². The maximum absolute atomic E-state index is 12.9. The summed E-state index contributed by atoms with van der Waals surface area (Å²) in [6.07, 6.45) is 1.76. The Morgan fingerprint density at radius 1 is 1.14 bits per heavy atom. The van der Waals surface area contributed by atoms with Crippen LogP contribution in [0.4, 0.5) is 5.82 Å². The summed E-state index contributed by atoms with van der Waals surface area (Å²) >= 11 is 0. The van der Waals surface area contributed by atoms with Crippen molar-refractivity contribution in [2.45, 2.75) is 6.04 Å². The molecule has 1 amide bonds. The standard InChI is InChI=1S/C22H29N5O2/c28-22(25-9-11-26-13-15-29-16-14-26)19-7-4-8-24-21(19)27-12-10-23-20(17-27)18-5-2-1-3-6-18/h1-8,20,23H,9-17H2,(H,25,28)/t20-/m0/s1. The van der Waals surface area contributed by atoms with Crippen molar-refractivity contribution in [3.63, 3.8) is 0 Å². The number of aromatic nitrogens is 1. The van der Waals surface area contributed by atoms with Gasteiger partial charge in [-0.1, -0.05) is 30.3 Å². The van der Waals surface area contributed by atoms with Gasteiger partial charge in [0.25, 0.3) is 5.91 Å². The minimum Gasteiger partial charge on any atom is -0.379 e. The van der Waals surface area contributed by atoms with Crippen LogP contribution in [-0.2, 0) is 4.74 Å². The summed E-state index contributed by atoms with van der Waals surface area (Å²) in [6, 6.07) is 14.3. The van der Waals surface area contributed by atoms with Crippen LogP contribution in [0.25, 0.3) is 0 Å². The SMILES string of the molecule is O=C(NCCN1CCOCC1)c1cccnc1N1CCN[C@H](c2ccccc2)C1. The molecule has 2 aliphatic rings. The molecule has 2 N–H and O–H groups in total. The summed E-state index contributed by atoms with van der Waals surface area (Å²) < 4.78 is 5.37. The van der Waals surface area contributed by atoms with Crippen LogP contribution < -0.4 is 15.5 Å². The maximum atomic E-state index is 12.9. The van der Waals surface area contributed by atoms with Crippen molar-refractivity contribution >= 4 is 11.7 Å². The Morgan fingerprint density at radius 2 is 1.97 bits per heavy atom. The van der Waals surface area contributed by atoms with Crippen LogP contribution >= 0.6 is 0 Å². The number of carbonyl (C=O) groups is 1. The Labute approximate surface area is 172 Å². The van der Waals surface area contributed by atoms with Crippen LogP contribution in [0, 0.1) is 0 Å². The largest absolute Gasteiger partial charge is 0.379 e. The Bertz CT molecular complexity index is 795. The Morgan fingerprint density at radius 3 is 2.79 bits per heavy atom. The quantitative estimate of drug-likeness (QED) is 0.768. The van der Waals surface area contributed by atoms with Crippen LogP contribution in [0.1, 0.15) is 22.0 Å². The molecule has 154 valence electrons. The first-order valence-electron chi connectivity index (χ1n) is 10.4. The summed E-state index contributed by atoms with van der Waals surface area (Å²) in [5, 5.41) is 6.63. The summed E-state index contributed by atoms with van der Waals surface area (Å²) in [5.41, 5.74) is 1.90. The number of carbonyl (C=O) groups excluding carboxylic acids is 1. The van der Waals surface area contributed by atoms with Gasteiger partial charge in [0.05, 0.1) is 18.8 Å². The summed E-state index contributed by atoms with van der Waals surface area (Å²) in [4.78, 5) is 22.0. The molecule has 4 rings (SSSR count). The monoisotopic (exact) mass is 395 g/mol. The minimum absolute atomic E-state index is 0.0591. The van der Waals surface area contributed by atoms with E-state index in [1.54, 1.807) is 6.20 Å². The van der Waals surface area contributed by atoms with Gasteiger partial charge in [0.15, 0.2) is 0 Å². The van der Waals surface area contributed by atoms with E-state index in [4.69, 9.17) is 4.74 Å². The average Bonchev–Trinajstić information content (AvgIpc) is 2.80. The minimum atomic E-state index is -0.0591. The van der Waals surface area contributed by atoms with E-state index >= 15 is 0 Å². The highest BCUT2D eigenvalue weighted by Gasteiger charge is 2.25. The predicted octanol–water partition coefficient (Wildman–Crippen LogP) is 1.29. The van der Waals surface area contributed by atoms with Crippen LogP contribution in [0.2, 0.25) is 0 Å². The van der Waals surface area contributed by atoms with Crippen molar-refractivity contribution in [2.75, 3.05) is 63.9 Å². The third kappa shape index (κ3) is 5.12. The number of hydrogen-bond acceptors (Lipinski definition) is 6. The molecule has 7 heteroatoms. The average molecular weight is 396 g/mol. The fourth-order valence-corrected chi connectivity index (χ4v) is 3.92. The van der Waals surface area contributed by atoms with Crippen LogP contribution in [0.3, 0.4) is 0 Å². The lowest BCUT2D eigenvalue weighted by Gasteiger charge is -2.35. The highest BCUT2D eigenvalue weighted by atomic mass is 16.5. The highest BCUT2D eigenvalue weighted by Crippen LogP contribution is 2.23. The molecular formula is C22H29N5O2. The lowest BCUT2D eigenvalue weighted by molar-refractivity contribution is 0.0383. The van der Waals surface area contributed by atoms with Gasteiger partial charge in [0.1, 0.15) is 5.82 Å². The van der Waals surface area contributed by atoms with Crippen molar-refractivity contribution in [1.29, 1.82) is 0 Å². The number of anilines is 1. The van der Waals surface area contributed by atoms with E-state index in [1.165, 1.54) is 5.56 Å². The van der Waals surface area contributed by atoms with E-state index < -0.39 is 0 Å². The maximum Gasteiger partial charge on any atom is 0.255 e. The molecule has 0 saturated carbocycles. The summed E-state index contributed by atoms with van der Waals surface area (Å²) in [5.74, 6) is 0.704.